The lowest BCUT2D eigenvalue weighted by atomic mass is 9.92. The quantitative estimate of drug-likeness (QED) is 0.546. The van der Waals surface area contributed by atoms with Crippen molar-refractivity contribution in [3.05, 3.63) is 0 Å². The third-order valence-electron chi connectivity index (χ3n) is 2.48. The molecule has 0 bridgehead atoms. The molecule has 0 atom stereocenters. The van der Waals surface area contributed by atoms with Gasteiger partial charge >= 0.3 is 0 Å². The topological polar surface area (TPSA) is 39.7 Å². The summed E-state index contributed by atoms with van der Waals surface area (Å²) in [4.78, 5) is 0. The molecule has 0 radical (unpaired) electrons. The highest BCUT2D eigenvalue weighted by Crippen LogP contribution is 2.16. The van der Waals surface area contributed by atoms with Gasteiger partial charge in [0.1, 0.15) is 0 Å². The molecule has 0 fully saturated rings. The van der Waals surface area contributed by atoms with Gasteiger partial charge in [0, 0.05) is 26.9 Å². The number of hydrogen-bond donors (Lipinski definition) is 1. The molecule has 0 saturated carbocycles. The van der Waals surface area contributed by atoms with E-state index in [2.05, 4.69) is 26.1 Å². The van der Waals surface area contributed by atoms with E-state index in [9.17, 15) is 0 Å². The Morgan fingerprint density at radius 2 is 1.50 bits per heavy atom. The lowest BCUT2D eigenvalue weighted by molar-refractivity contribution is 0.0518. The molecule has 0 amide bonds. The molecule has 0 aliphatic heterocycles. The molecule has 0 saturated heterocycles. The van der Waals surface area contributed by atoms with Gasteiger partial charge in [0.25, 0.3) is 0 Å². The van der Waals surface area contributed by atoms with Crippen LogP contribution >= 0.6 is 0 Å². The van der Waals surface area contributed by atoms with E-state index in [4.69, 9.17) is 14.2 Å². The fraction of sp³-hybridized carbons (Fsp3) is 1.00. The third-order valence-corrected chi connectivity index (χ3v) is 2.48. The zero-order valence-corrected chi connectivity index (χ0v) is 12.6. The first-order valence-corrected chi connectivity index (χ1v) is 6.91. The average molecular weight is 261 g/mol. The molecule has 0 aromatic rings. The van der Waals surface area contributed by atoms with Crippen molar-refractivity contribution in [2.75, 3.05) is 53.2 Å². The van der Waals surface area contributed by atoms with Crippen LogP contribution in [0.3, 0.4) is 0 Å². The van der Waals surface area contributed by atoms with Crippen molar-refractivity contribution in [3.63, 3.8) is 0 Å². The van der Waals surface area contributed by atoms with Crippen molar-refractivity contribution in [2.45, 2.75) is 33.6 Å². The lowest BCUT2D eigenvalue weighted by Crippen LogP contribution is -2.24. The summed E-state index contributed by atoms with van der Waals surface area (Å²) in [5.74, 6) is 0. The van der Waals surface area contributed by atoms with Crippen LogP contribution in [0.25, 0.3) is 0 Å². The Morgan fingerprint density at radius 3 is 2.11 bits per heavy atom. The van der Waals surface area contributed by atoms with Crippen molar-refractivity contribution in [1.82, 2.24) is 5.32 Å². The van der Waals surface area contributed by atoms with Crippen LogP contribution in [0.15, 0.2) is 0 Å². The Labute approximate surface area is 112 Å². The zero-order chi connectivity index (χ0) is 13.7. The van der Waals surface area contributed by atoms with Gasteiger partial charge in [0.05, 0.1) is 19.8 Å². The van der Waals surface area contributed by atoms with E-state index >= 15 is 0 Å². The highest BCUT2D eigenvalue weighted by Gasteiger charge is 2.08. The molecule has 4 heteroatoms. The average Bonchev–Trinajstić information content (AvgIpc) is 2.29. The fourth-order valence-electron chi connectivity index (χ4n) is 1.34. The van der Waals surface area contributed by atoms with Crippen molar-refractivity contribution >= 4 is 0 Å². The van der Waals surface area contributed by atoms with Crippen LogP contribution in [0.5, 0.6) is 0 Å². The Kier molecular flexibility index (Phi) is 11.8. The first-order chi connectivity index (χ1) is 8.56. The van der Waals surface area contributed by atoms with Crippen LogP contribution in [0, 0.1) is 5.41 Å². The summed E-state index contributed by atoms with van der Waals surface area (Å²) in [5.41, 5.74) is 0.410. The molecule has 110 valence electrons. The summed E-state index contributed by atoms with van der Waals surface area (Å²) in [7, 11) is 1.68. The summed E-state index contributed by atoms with van der Waals surface area (Å²) in [5, 5.41) is 3.39. The Balaban J connectivity index is 2.99. The molecule has 1 N–H and O–H groups in total. The molecule has 4 nitrogen and oxygen atoms in total. The SMILES string of the molecule is COCCOCCCOCCNCCC(C)(C)C. The monoisotopic (exact) mass is 261 g/mol. The first-order valence-electron chi connectivity index (χ1n) is 6.91. The molecule has 0 aromatic heterocycles. The minimum absolute atomic E-state index is 0.410. The fourth-order valence-corrected chi connectivity index (χ4v) is 1.34. The summed E-state index contributed by atoms with van der Waals surface area (Å²) in [6.07, 6.45) is 2.14. The van der Waals surface area contributed by atoms with Crippen LogP contribution in [0.1, 0.15) is 33.6 Å². The highest BCUT2D eigenvalue weighted by atomic mass is 16.5. The standard InChI is InChI=1S/C14H31NO3/c1-14(2,3)6-7-15-8-11-17-9-5-10-18-13-12-16-4/h15H,5-13H2,1-4H3. The molecule has 0 aliphatic rings. The maximum absolute atomic E-state index is 5.50. The molecule has 0 unspecified atom stereocenters. The molecule has 18 heavy (non-hydrogen) atoms. The molecule has 0 aromatic carbocycles. The van der Waals surface area contributed by atoms with Crippen LogP contribution in [0.2, 0.25) is 0 Å². The third kappa shape index (κ3) is 15.8. The maximum atomic E-state index is 5.50. The smallest absolute Gasteiger partial charge is 0.0700 e. The second-order valence-electron chi connectivity index (χ2n) is 5.63. The number of ether oxygens (including phenoxy) is 3. The molecule has 0 spiro atoms. The minimum atomic E-state index is 0.410. The van der Waals surface area contributed by atoms with Gasteiger partial charge in [-0.2, -0.15) is 0 Å². The van der Waals surface area contributed by atoms with Gasteiger partial charge in [-0.25, -0.2) is 0 Å². The van der Waals surface area contributed by atoms with Gasteiger partial charge < -0.3 is 19.5 Å². The summed E-state index contributed by atoms with van der Waals surface area (Å²) < 4.78 is 15.7. The molecular formula is C14H31NO3. The van der Waals surface area contributed by atoms with E-state index in [1.807, 2.05) is 0 Å². The lowest BCUT2D eigenvalue weighted by Gasteiger charge is -2.18. The van der Waals surface area contributed by atoms with E-state index in [1.54, 1.807) is 7.11 Å². The second-order valence-corrected chi connectivity index (χ2v) is 5.63. The summed E-state index contributed by atoms with van der Waals surface area (Å²) >= 11 is 0. The predicted molar refractivity (Wildman–Crippen MR) is 75.1 cm³/mol. The number of hydrogen-bond acceptors (Lipinski definition) is 4. The Morgan fingerprint density at radius 1 is 0.833 bits per heavy atom. The van der Waals surface area contributed by atoms with E-state index in [1.165, 1.54) is 6.42 Å². The Hall–Kier alpha value is -0.160. The van der Waals surface area contributed by atoms with Gasteiger partial charge in [-0.1, -0.05) is 20.8 Å². The van der Waals surface area contributed by atoms with Crippen LogP contribution in [0.4, 0.5) is 0 Å². The van der Waals surface area contributed by atoms with E-state index in [0.29, 0.717) is 18.6 Å². The van der Waals surface area contributed by atoms with E-state index in [0.717, 1.165) is 39.3 Å². The van der Waals surface area contributed by atoms with Gasteiger partial charge in [-0.3, -0.25) is 0 Å². The van der Waals surface area contributed by atoms with Gasteiger partial charge in [0.2, 0.25) is 0 Å². The Bertz CT molecular complexity index is 169. The highest BCUT2D eigenvalue weighted by molar-refractivity contribution is 4.62. The van der Waals surface area contributed by atoms with Gasteiger partial charge in [-0.15, -0.1) is 0 Å². The first kappa shape index (κ1) is 17.8. The maximum Gasteiger partial charge on any atom is 0.0700 e. The van der Waals surface area contributed by atoms with Gasteiger partial charge in [0.15, 0.2) is 0 Å². The largest absolute Gasteiger partial charge is 0.382 e. The summed E-state index contributed by atoms with van der Waals surface area (Å²) in [6, 6.07) is 0. The van der Waals surface area contributed by atoms with E-state index < -0.39 is 0 Å². The van der Waals surface area contributed by atoms with Crippen molar-refractivity contribution in [1.29, 1.82) is 0 Å². The number of rotatable bonds is 12. The zero-order valence-electron chi connectivity index (χ0n) is 12.6. The van der Waals surface area contributed by atoms with Gasteiger partial charge in [-0.05, 0) is 24.8 Å². The normalized spacial score (nSPS) is 12.0. The van der Waals surface area contributed by atoms with Crippen molar-refractivity contribution in [2.24, 2.45) is 5.41 Å². The van der Waals surface area contributed by atoms with Crippen LogP contribution in [-0.2, 0) is 14.2 Å². The molecule has 0 aliphatic carbocycles. The molecular weight excluding hydrogens is 230 g/mol. The predicted octanol–water partition coefficient (Wildman–Crippen LogP) is 2.08. The molecule has 0 rings (SSSR count). The minimum Gasteiger partial charge on any atom is -0.382 e. The van der Waals surface area contributed by atoms with E-state index in [-0.39, 0.29) is 0 Å². The number of nitrogens with one attached hydrogen (secondary N) is 1. The van der Waals surface area contributed by atoms with Crippen molar-refractivity contribution in [3.8, 4) is 0 Å². The van der Waals surface area contributed by atoms with Crippen LogP contribution < -0.4 is 5.32 Å². The number of methoxy groups -OCH3 is 1. The molecule has 0 heterocycles. The van der Waals surface area contributed by atoms with Crippen LogP contribution in [-0.4, -0.2) is 53.2 Å². The second kappa shape index (κ2) is 11.9. The summed E-state index contributed by atoms with van der Waals surface area (Å²) in [6.45, 7) is 12.4. The van der Waals surface area contributed by atoms with Crippen molar-refractivity contribution < 1.29 is 14.2 Å².